The first kappa shape index (κ1) is 23.9. The molecule has 0 aliphatic heterocycles. The highest BCUT2D eigenvalue weighted by Crippen LogP contribution is 2.44. The molecule has 7 nitrogen and oxygen atoms in total. The molecule has 1 aromatic heterocycles. The molecule has 2 aromatic rings. The maximum absolute atomic E-state index is 12.7. The normalized spacial score (nSPS) is 14.3. The van der Waals surface area contributed by atoms with E-state index in [4.69, 9.17) is 23.2 Å². The van der Waals surface area contributed by atoms with Crippen LogP contribution in [-0.2, 0) is 9.36 Å². The summed E-state index contributed by atoms with van der Waals surface area (Å²) in [5.74, 6) is -0.300. The lowest BCUT2D eigenvalue weighted by molar-refractivity contribution is -0.122. The van der Waals surface area contributed by atoms with Gasteiger partial charge in [-0.05, 0) is 30.4 Å². The number of H-pyrrole nitrogens is 1. The van der Waals surface area contributed by atoms with E-state index < -0.39 is 25.2 Å². The summed E-state index contributed by atoms with van der Waals surface area (Å²) >= 11 is 12.0. The molecule has 1 unspecified atom stereocenters. The van der Waals surface area contributed by atoms with Crippen LogP contribution in [0.2, 0.25) is 10.0 Å². The standard InChI is InChI=1S/C19H26Cl2N3O4P/c1-10(2)7-16(29(26,27)28)19(25)24-17(11(3)4)18-22-9-15(23-18)12-5-6-13(20)14(21)8-12/h5-6,8-11,16-17H,7H2,1-4H3,(H,22,23)(H,24,25)(H2,26,27,28)/t16?,17-/m0/s1. The van der Waals surface area contributed by atoms with Crippen LogP contribution in [0.3, 0.4) is 0 Å². The van der Waals surface area contributed by atoms with Crippen LogP contribution in [0.4, 0.5) is 0 Å². The molecule has 1 aromatic carbocycles. The monoisotopic (exact) mass is 461 g/mol. The minimum absolute atomic E-state index is 0.0410. The smallest absolute Gasteiger partial charge is 0.337 e. The topological polar surface area (TPSA) is 115 Å². The van der Waals surface area contributed by atoms with Crippen LogP contribution in [0.1, 0.15) is 46.0 Å². The fourth-order valence-electron chi connectivity index (χ4n) is 2.95. The number of carbonyl (C=O) groups excluding carboxylic acids is 1. The van der Waals surface area contributed by atoms with Crippen molar-refractivity contribution in [2.75, 3.05) is 0 Å². The van der Waals surface area contributed by atoms with Gasteiger partial charge >= 0.3 is 7.60 Å². The lowest BCUT2D eigenvalue weighted by Crippen LogP contribution is -2.40. The summed E-state index contributed by atoms with van der Waals surface area (Å²) in [7, 11) is -4.59. The summed E-state index contributed by atoms with van der Waals surface area (Å²) in [6.45, 7) is 7.40. The Morgan fingerprint density at radius 3 is 2.38 bits per heavy atom. The molecule has 0 aliphatic rings. The second kappa shape index (κ2) is 9.63. The van der Waals surface area contributed by atoms with Crippen molar-refractivity contribution in [3.63, 3.8) is 0 Å². The number of nitrogens with zero attached hydrogens (tertiary/aromatic N) is 1. The van der Waals surface area contributed by atoms with E-state index in [-0.39, 0.29) is 18.3 Å². The quantitative estimate of drug-likeness (QED) is 0.421. The van der Waals surface area contributed by atoms with E-state index in [0.717, 1.165) is 5.56 Å². The Bertz CT molecular complexity index is 911. The molecule has 0 saturated heterocycles. The summed E-state index contributed by atoms with van der Waals surface area (Å²) in [6, 6.07) is 4.63. The van der Waals surface area contributed by atoms with Gasteiger partial charge in [-0.15, -0.1) is 0 Å². The molecule has 0 bridgehead atoms. The minimum Gasteiger partial charge on any atom is -0.345 e. The Balaban J connectivity index is 2.28. The van der Waals surface area contributed by atoms with E-state index in [1.807, 2.05) is 27.7 Å². The highest BCUT2D eigenvalue weighted by atomic mass is 35.5. The predicted molar refractivity (Wildman–Crippen MR) is 115 cm³/mol. The van der Waals surface area contributed by atoms with E-state index in [2.05, 4.69) is 15.3 Å². The molecule has 1 heterocycles. The number of amides is 1. The molecule has 4 N–H and O–H groups in total. The first-order valence-electron chi connectivity index (χ1n) is 9.26. The van der Waals surface area contributed by atoms with Gasteiger partial charge in [0.05, 0.1) is 28.0 Å². The number of hydrogen-bond acceptors (Lipinski definition) is 3. The molecule has 1 amide bonds. The summed E-state index contributed by atoms with van der Waals surface area (Å²) in [4.78, 5) is 39.5. The Morgan fingerprint density at radius 1 is 1.21 bits per heavy atom. The van der Waals surface area contributed by atoms with Crippen LogP contribution in [-0.4, -0.2) is 31.3 Å². The third-order valence-corrected chi connectivity index (χ3v) is 6.48. The van der Waals surface area contributed by atoms with Gasteiger partial charge in [0.1, 0.15) is 11.5 Å². The molecule has 2 rings (SSSR count). The fraction of sp³-hybridized carbons (Fsp3) is 0.474. The van der Waals surface area contributed by atoms with E-state index in [0.29, 0.717) is 21.6 Å². The second-order valence-corrected chi connectivity index (χ2v) is 10.4. The molecule has 0 fully saturated rings. The zero-order chi connectivity index (χ0) is 21.9. The van der Waals surface area contributed by atoms with Crippen molar-refractivity contribution in [2.24, 2.45) is 11.8 Å². The summed E-state index contributed by atoms with van der Waals surface area (Å²) in [5.41, 5.74) is 0.0697. The molecule has 10 heteroatoms. The number of imidazole rings is 1. The second-order valence-electron chi connectivity index (χ2n) is 7.78. The molecule has 0 saturated carbocycles. The van der Waals surface area contributed by atoms with Crippen molar-refractivity contribution in [1.29, 1.82) is 0 Å². The van der Waals surface area contributed by atoms with Gasteiger partial charge in [0, 0.05) is 5.56 Å². The van der Waals surface area contributed by atoms with Gasteiger partial charge in [0.15, 0.2) is 0 Å². The number of nitrogens with one attached hydrogen (secondary N) is 2. The van der Waals surface area contributed by atoms with Gasteiger partial charge in [-0.3, -0.25) is 9.36 Å². The zero-order valence-electron chi connectivity index (χ0n) is 16.7. The van der Waals surface area contributed by atoms with Gasteiger partial charge in [-0.2, -0.15) is 0 Å². The molecule has 0 radical (unpaired) electrons. The lowest BCUT2D eigenvalue weighted by atomic mass is 10.0. The molecular formula is C19H26Cl2N3O4P. The van der Waals surface area contributed by atoms with Gasteiger partial charge in [0.25, 0.3) is 0 Å². The number of benzene rings is 1. The maximum atomic E-state index is 12.7. The van der Waals surface area contributed by atoms with Gasteiger partial charge in [-0.1, -0.05) is 57.0 Å². The van der Waals surface area contributed by atoms with E-state index in [9.17, 15) is 19.1 Å². The van der Waals surface area contributed by atoms with E-state index in [1.165, 1.54) is 0 Å². The Kier molecular flexibility index (Phi) is 7.93. The maximum Gasteiger partial charge on any atom is 0.337 e. The number of rotatable bonds is 8. The molecule has 2 atom stereocenters. The molecule has 0 spiro atoms. The highest BCUT2D eigenvalue weighted by Gasteiger charge is 2.37. The molecular weight excluding hydrogens is 436 g/mol. The van der Waals surface area contributed by atoms with Crippen molar-refractivity contribution in [2.45, 2.75) is 45.8 Å². The highest BCUT2D eigenvalue weighted by molar-refractivity contribution is 7.53. The number of aromatic nitrogens is 2. The number of carbonyl (C=O) groups is 1. The average Bonchev–Trinajstić information content (AvgIpc) is 3.08. The first-order chi connectivity index (χ1) is 13.4. The van der Waals surface area contributed by atoms with Crippen molar-refractivity contribution >= 4 is 36.7 Å². The van der Waals surface area contributed by atoms with Crippen LogP contribution < -0.4 is 5.32 Å². The first-order valence-corrected chi connectivity index (χ1v) is 11.7. The van der Waals surface area contributed by atoms with E-state index >= 15 is 0 Å². The Hall–Kier alpha value is -1.37. The SMILES string of the molecule is CC(C)CC(C(=O)N[C@H](c1ncc(-c2ccc(Cl)c(Cl)c2)[nH]1)C(C)C)P(=O)(O)O. The minimum atomic E-state index is -4.59. The van der Waals surface area contributed by atoms with Crippen molar-refractivity contribution in [3.8, 4) is 11.3 Å². The molecule has 160 valence electrons. The van der Waals surface area contributed by atoms with Crippen LogP contribution in [0, 0.1) is 11.8 Å². The van der Waals surface area contributed by atoms with Gasteiger partial charge in [0.2, 0.25) is 5.91 Å². The van der Waals surface area contributed by atoms with Gasteiger partial charge in [-0.25, -0.2) is 4.98 Å². The number of halogens is 2. The van der Waals surface area contributed by atoms with Crippen LogP contribution in [0.5, 0.6) is 0 Å². The van der Waals surface area contributed by atoms with Gasteiger partial charge < -0.3 is 20.1 Å². The zero-order valence-corrected chi connectivity index (χ0v) is 19.1. The van der Waals surface area contributed by atoms with Crippen molar-refractivity contribution in [1.82, 2.24) is 15.3 Å². The third-order valence-electron chi connectivity index (χ3n) is 4.49. The van der Waals surface area contributed by atoms with Crippen molar-refractivity contribution < 1.29 is 19.1 Å². The van der Waals surface area contributed by atoms with E-state index in [1.54, 1.807) is 24.4 Å². The lowest BCUT2D eigenvalue weighted by Gasteiger charge is -2.25. The third kappa shape index (κ3) is 6.30. The predicted octanol–water partition coefficient (Wildman–Crippen LogP) is 4.79. The largest absolute Gasteiger partial charge is 0.345 e. The van der Waals surface area contributed by atoms with Crippen molar-refractivity contribution in [3.05, 3.63) is 40.3 Å². The van der Waals surface area contributed by atoms with Crippen LogP contribution >= 0.6 is 30.8 Å². The average molecular weight is 462 g/mol. The number of hydrogen-bond donors (Lipinski definition) is 4. The Morgan fingerprint density at radius 2 is 1.86 bits per heavy atom. The van der Waals surface area contributed by atoms with Crippen LogP contribution in [0.25, 0.3) is 11.3 Å². The summed E-state index contributed by atoms with van der Waals surface area (Å²) in [6.07, 6.45) is 1.71. The summed E-state index contributed by atoms with van der Waals surface area (Å²) in [5, 5.41) is 3.61. The molecule has 0 aliphatic carbocycles. The fourth-order valence-corrected chi connectivity index (χ4v) is 4.32. The van der Waals surface area contributed by atoms with Crippen LogP contribution in [0.15, 0.2) is 24.4 Å². The molecule has 29 heavy (non-hydrogen) atoms. The summed E-state index contributed by atoms with van der Waals surface area (Å²) < 4.78 is 11.8. The Labute approximate surface area is 180 Å². The number of aromatic amines is 1.